The van der Waals surface area contributed by atoms with Crippen molar-refractivity contribution in [1.29, 1.82) is 0 Å². The summed E-state index contributed by atoms with van der Waals surface area (Å²) >= 11 is 5.32. The second-order valence-corrected chi connectivity index (χ2v) is 4.99. The molecule has 0 radical (unpaired) electrons. The van der Waals surface area contributed by atoms with E-state index < -0.39 is 11.6 Å². The van der Waals surface area contributed by atoms with Crippen molar-refractivity contribution >= 4 is 16.8 Å². The molecule has 1 saturated heterocycles. The van der Waals surface area contributed by atoms with Gasteiger partial charge in [0, 0.05) is 6.07 Å². The Labute approximate surface area is 110 Å². The van der Waals surface area contributed by atoms with Crippen molar-refractivity contribution in [2.75, 3.05) is 19.6 Å². The predicted molar refractivity (Wildman–Crippen MR) is 65.6 cm³/mol. The van der Waals surface area contributed by atoms with Crippen LogP contribution in [0.4, 0.5) is 8.78 Å². The zero-order valence-corrected chi connectivity index (χ0v) is 10.6. The maximum atomic E-state index is 13.6. The van der Waals surface area contributed by atoms with E-state index in [-0.39, 0.29) is 17.7 Å². The molecular formula is C13H14ClF2NO. The van der Waals surface area contributed by atoms with E-state index in [0.717, 1.165) is 18.9 Å². The Hall–Kier alpha value is -1.00. The summed E-state index contributed by atoms with van der Waals surface area (Å²) in [7, 11) is 0. The molecule has 1 aliphatic rings. The van der Waals surface area contributed by atoms with Crippen molar-refractivity contribution in [1.82, 2.24) is 4.90 Å². The lowest BCUT2D eigenvalue weighted by molar-refractivity contribution is -0.113. The fraction of sp³-hybridized carbons (Fsp3) is 0.462. The van der Waals surface area contributed by atoms with Gasteiger partial charge in [0.25, 0.3) is 0 Å². The molecule has 2 rings (SSSR count). The first-order valence-corrected chi connectivity index (χ1v) is 6.29. The van der Waals surface area contributed by atoms with Crippen LogP contribution < -0.4 is 0 Å². The van der Waals surface area contributed by atoms with E-state index in [2.05, 4.69) is 0 Å². The summed E-state index contributed by atoms with van der Waals surface area (Å²) < 4.78 is 26.4. The minimum atomic E-state index is -0.554. The number of nitrogens with zero attached hydrogens (tertiary/aromatic N) is 1. The molecule has 0 unspecified atom stereocenters. The molecule has 1 fully saturated rings. The molecule has 0 amide bonds. The molecule has 0 spiro atoms. The van der Waals surface area contributed by atoms with Gasteiger partial charge in [-0.05, 0) is 55.1 Å². The fourth-order valence-electron chi connectivity index (χ4n) is 2.41. The zero-order valence-electron chi connectivity index (χ0n) is 9.83. The normalized spacial score (nSPS) is 17.9. The van der Waals surface area contributed by atoms with E-state index in [9.17, 15) is 13.6 Å². The molecule has 98 valence electrons. The zero-order chi connectivity index (χ0) is 13.1. The standard InChI is InChI=1S/C13H14ClF2NO/c14-13(18)8-17-5-3-9(4-6-17)11-2-1-10(15)7-12(11)16/h1-2,7,9H,3-6,8H2. The van der Waals surface area contributed by atoms with E-state index in [1.807, 2.05) is 4.90 Å². The first kappa shape index (κ1) is 13.4. The SMILES string of the molecule is O=C(Cl)CN1CCC(c2ccc(F)cc2F)CC1. The maximum absolute atomic E-state index is 13.6. The monoisotopic (exact) mass is 273 g/mol. The van der Waals surface area contributed by atoms with Crippen LogP contribution in [0, 0.1) is 11.6 Å². The summed E-state index contributed by atoms with van der Waals surface area (Å²) in [5.74, 6) is -0.949. The van der Waals surface area contributed by atoms with Crippen LogP contribution in [0.1, 0.15) is 24.3 Å². The molecule has 0 N–H and O–H groups in total. The average Bonchev–Trinajstić information content (AvgIpc) is 2.30. The summed E-state index contributed by atoms with van der Waals surface area (Å²) in [5.41, 5.74) is 0.563. The summed E-state index contributed by atoms with van der Waals surface area (Å²) in [6, 6.07) is 3.72. The number of rotatable bonds is 3. The van der Waals surface area contributed by atoms with Crippen LogP contribution in [0.15, 0.2) is 18.2 Å². The third kappa shape index (κ3) is 3.27. The third-order valence-corrected chi connectivity index (χ3v) is 3.46. The lowest BCUT2D eigenvalue weighted by Crippen LogP contribution is -2.35. The molecule has 2 nitrogen and oxygen atoms in total. The van der Waals surface area contributed by atoms with Gasteiger partial charge in [0.2, 0.25) is 5.24 Å². The van der Waals surface area contributed by atoms with Gasteiger partial charge in [0.05, 0.1) is 6.54 Å². The molecular weight excluding hydrogens is 260 g/mol. The van der Waals surface area contributed by atoms with Crippen LogP contribution in [0.5, 0.6) is 0 Å². The Bertz CT molecular complexity index is 445. The quantitative estimate of drug-likeness (QED) is 0.789. The highest BCUT2D eigenvalue weighted by Crippen LogP contribution is 2.30. The van der Waals surface area contributed by atoms with E-state index in [1.54, 1.807) is 0 Å². The average molecular weight is 274 g/mol. The number of hydrogen-bond acceptors (Lipinski definition) is 2. The molecule has 1 aliphatic heterocycles. The number of halogens is 3. The van der Waals surface area contributed by atoms with Crippen molar-refractivity contribution in [3.05, 3.63) is 35.4 Å². The van der Waals surface area contributed by atoms with E-state index in [1.165, 1.54) is 12.1 Å². The smallest absolute Gasteiger partial charge is 0.235 e. The van der Waals surface area contributed by atoms with Crippen LogP contribution in [0.3, 0.4) is 0 Å². The van der Waals surface area contributed by atoms with Crippen LogP contribution in [0.25, 0.3) is 0 Å². The van der Waals surface area contributed by atoms with Gasteiger partial charge < -0.3 is 0 Å². The lowest BCUT2D eigenvalue weighted by Gasteiger charge is -2.31. The van der Waals surface area contributed by atoms with Crippen molar-refractivity contribution in [3.63, 3.8) is 0 Å². The molecule has 18 heavy (non-hydrogen) atoms. The third-order valence-electron chi connectivity index (χ3n) is 3.34. The van der Waals surface area contributed by atoms with Gasteiger partial charge in [-0.3, -0.25) is 9.69 Å². The van der Waals surface area contributed by atoms with Crippen LogP contribution >= 0.6 is 11.6 Å². The fourth-order valence-corrected chi connectivity index (χ4v) is 2.58. The minimum absolute atomic E-state index is 0.0901. The van der Waals surface area contributed by atoms with Gasteiger partial charge >= 0.3 is 0 Å². The van der Waals surface area contributed by atoms with Crippen molar-refractivity contribution in [2.24, 2.45) is 0 Å². The summed E-state index contributed by atoms with van der Waals surface area (Å²) in [6.07, 6.45) is 1.51. The summed E-state index contributed by atoms with van der Waals surface area (Å²) in [5, 5.41) is -0.374. The molecule has 1 heterocycles. The summed E-state index contributed by atoms with van der Waals surface area (Å²) in [6.45, 7) is 1.65. The molecule has 0 aromatic heterocycles. The molecule has 0 aliphatic carbocycles. The van der Waals surface area contributed by atoms with Crippen molar-refractivity contribution in [2.45, 2.75) is 18.8 Å². The second kappa shape index (κ2) is 5.76. The number of carbonyl (C=O) groups is 1. The number of carbonyl (C=O) groups excluding carboxylic acids is 1. The number of hydrogen-bond donors (Lipinski definition) is 0. The molecule has 1 aromatic carbocycles. The Balaban J connectivity index is 1.99. The van der Waals surface area contributed by atoms with E-state index >= 15 is 0 Å². The molecule has 0 bridgehead atoms. The van der Waals surface area contributed by atoms with E-state index in [0.29, 0.717) is 18.7 Å². The predicted octanol–water partition coefficient (Wildman–Crippen LogP) is 2.91. The molecule has 0 saturated carbocycles. The van der Waals surface area contributed by atoms with Gasteiger partial charge in [-0.25, -0.2) is 8.78 Å². The first-order valence-electron chi connectivity index (χ1n) is 5.92. The lowest BCUT2D eigenvalue weighted by atomic mass is 9.89. The minimum Gasteiger partial charge on any atom is -0.295 e. The number of likely N-dealkylation sites (tertiary alicyclic amines) is 1. The summed E-state index contributed by atoms with van der Waals surface area (Å²) in [4.78, 5) is 12.7. The molecule has 5 heteroatoms. The molecule has 1 aromatic rings. The van der Waals surface area contributed by atoms with Gasteiger partial charge in [-0.15, -0.1) is 0 Å². The largest absolute Gasteiger partial charge is 0.295 e. The Kier molecular flexibility index (Phi) is 4.30. The highest BCUT2D eigenvalue weighted by molar-refractivity contribution is 6.64. The highest BCUT2D eigenvalue weighted by atomic mass is 35.5. The Morgan fingerprint density at radius 2 is 2.00 bits per heavy atom. The van der Waals surface area contributed by atoms with Crippen molar-refractivity contribution in [3.8, 4) is 0 Å². The second-order valence-electron chi connectivity index (χ2n) is 4.57. The maximum Gasteiger partial charge on any atom is 0.235 e. The Morgan fingerprint density at radius 3 is 2.56 bits per heavy atom. The van der Waals surface area contributed by atoms with Crippen LogP contribution in [-0.4, -0.2) is 29.8 Å². The van der Waals surface area contributed by atoms with Gasteiger partial charge in [0.15, 0.2) is 0 Å². The topological polar surface area (TPSA) is 20.3 Å². The first-order chi connectivity index (χ1) is 8.56. The van der Waals surface area contributed by atoms with Gasteiger partial charge in [0.1, 0.15) is 11.6 Å². The molecule has 0 atom stereocenters. The van der Waals surface area contributed by atoms with E-state index in [4.69, 9.17) is 11.6 Å². The van der Waals surface area contributed by atoms with Gasteiger partial charge in [-0.2, -0.15) is 0 Å². The number of piperidine rings is 1. The van der Waals surface area contributed by atoms with Crippen LogP contribution in [0.2, 0.25) is 0 Å². The van der Waals surface area contributed by atoms with Gasteiger partial charge in [-0.1, -0.05) is 6.07 Å². The Morgan fingerprint density at radius 1 is 1.33 bits per heavy atom. The van der Waals surface area contributed by atoms with Crippen molar-refractivity contribution < 1.29 is 13.6 Å². The van der Waals surface area contributed by atoms with Crippen LogP contribution in [-0.2, 0) is 4.79 Å². The highest BCUT2D eigenvalue weighted by Gasteiger charge is 2.23. The number of benzene rings is 1.